The Morgan fingerprint density at radius 1 is 0.940 bits per heavy atom. The zero-order valence-electron chi connectivity index (χ0n) is 28.4. The third-order valence-corrected chi connectivity index (χ3v) is 6.66. The summed E-state index contributed by atoms with van der Waals surface area (Å²) in [6.07, 6.45) is -1.63. The van der Waals surface area contributed by atoms with Gasteiger partial charge in [0.25, 0.3) is 11.6 Å². The maximum Gasteiger partial charge on any atom is 0.514 e. The Bertz CT molecular complexity index is 1440. The summed E-state index contributed by atoms with van der Waals surface area (Å²) in [6.45, 7) is 6.41. The number of ether oxygens (including phenoxy) is 8. The minimum absolute atomic E-state index is 0.0474. The van der Waals surface area contributed by atoms with E-state index in [0.29, 0.717) is 24.8 Å². The zero-order chi connectivity index (χ0) is 36.5. The molecule has 50 heavy (non-hydrogen) atoms. The summed E-state index contributed by atoms with van der Waals surface area (Å²) >= 11 is 0. The average Bonchev–Trinajstić information content (AvgIpc) is 3.07. The van der Waals surface area contributed by atoms with E-state index in [0.717, 1.165) is 0 Å². The fourth-order valence-corrected chi connectivity index (χ4v) is 4.37. The van der Waals surface area contributed by atoms with Gasteiger partial charge in [0, 0.05) is 31.6 Å². The minimum atomic E-state index is -1.06. The molecule has 0 saturated carbocycles. The van der Waals surface area contributed by atoms with Crippen molar-refractivity contribution >= 4 is 29.8 Å². The van der Waals surface area contributed by atoms with Crippen molar-refractivity contribution in [2.45, 2.75) is 64.6 Å². The Kier molecular flexibility index (Phi) is 15.7. The van der Waals surface area contributed by atoms with Crippen molar-refractivity contribution < 1.29 is 62.0 Å². The lowest BCUT2D eigenvalue weighted by Crippen LogP contribution is -2.37. The number of methoxy groups -OCH3 is 1. The van der Waals surface area contributed by atoms with Crippen LogP contribution in [0.15, 0.2) is 42.5 Å². The molecule has 2 N–H and O–H groups in total. The van der Waals surface area contributed by atoms with Crippen molar-refractivity contribution in [1.82, 2.24) is 10.6 Å². The van der Waals surface area contributed by atoms with Crippen LogP contribution in [0.4, 0.5) is 15.3 Å². The van der Waals surface area contributed by atoms with Gasteiger partial charge >= 0.3 is 18.2 Å². The molecule has 2 atom stereocenters. The lowest BCUT2D eigenvalue weighted by atomic mass is 10.1. The van der Waals surface area contributed by atoms with Crippen molar-refractivity contribution in [3.8, 4) is 11.5 Å². The number of nitro benzene ring substituents is 1. The molecule has 1 aliphatic heterocycles. The number of hydrogen-bond donors (Lipinski definition) is 2. The first-order chi connectivity index (χ1) is 23.8. The summed E-state index contributed by atoms with van der Waals surface area (Å²) < 4.78 is 42.8. The van der Waals surface area contributed by atoms with Crippen LogP contribution in [0.3, 0.4) is 0 Å². The second-order valence-corrected chi connectivity index (χ2v) is 11.8. The molecule has 0 aliphatic carbocycles. The van der Waals surface area contributed by atoms with E-state index < -0.39 is 47.0 Å². The molecule has 2 aromatic carbocycles. The number of hydrogen-bond acceptors (Lipinski definition) is 14. The minimum Gasteiger partial charge on any atom is -0.467 e. The summed E-state index contributed by atoms with van der Waals surface area (Å²) in [5.41, 5.74) is -0.218. The molecule has 17 nitrogen and oxygen atoms in total. The van der Waals surface area contributed by atoms with Gasteiger partial charge in [-0.05, 0) is 63.4 Å². The highest BCUT2D eigenvalue weighted by molar-refractivity contribution is 5.97. The maximum absolute atomic E-state index is 13.3. The van der Waals surface area contributed by atoms with Gasteiger partial charge in [-0.2, -0.15) is 0 Å². The number of carbonyl (C=O) groups excluding carboxylic acids is 4. The van der Waals surface area contributed by atoms with Gasteiger partial charge in [0.1, 0.15) is 23.7 Å². The number of nitrogens with zero attached hydrogens (tertiary/aromatic N) is 1. The standard InChI is InChI=1S/C33H43N3O14/c1-33(2,3)50-31(39)35-15-17-45-19-18-44-16-14-34-29(37)25-20-22(21-46-32(40)47-24-11-9-23(10-12-24)36(41)42)8-13-26(25)48-28-7-5-6-27(49-28)30(38)43-4/h8-13,20,27-28H,5-7,14-19,21H2,1-4H3,(H,34,37)(H,35,39)/t27-,28+/m0/s1. The lowest BCUT2D eigenvalue weighted by molar-refractivity contribution is -0.384. The normalized spacial score (nSPS) is 15.7. The van der Waals surface area contributed by atoms with Crippen LogP contribution in [0.2, 0.25) is 0 Å². The number of nitrogens with one attached hydrogen (secondary N) is 2. The summed E-state index contributed by atoms with van der Waals surface area (Å²) in [7, 11) is 1.27. The Morgan fingerprint density at radius 2 is 1.62 bits per heavy atom. The molecule has 0 aromatic heterocycles. The van der Waals surface area contributed by atoms with Gasteiger partial charge in [0.15, 0.2) is 6.10 Å². The first-order valence-electron chi connectivity index (χ1n) is 15.9. The van der Waals surface area contributed by atoms with Crippen molar-refractivity contribution in [3.05, 3.63) is 63.7 Å². The number of benzene rings is 2. The third-order valence-electron chi connectivity index (χ3n) is 6.66. The molecule has 1 heterocycles. The number of amides is 2. The number of nitro groups is 1. The van der Waals surface area contributed by atoms with E-state index in [9.17, 15) is 29.3 Å². The highest BCUT2D eigenvalue weighted by Crippen LogP contribution is 2.27. The van der Waals surface area contributed by atoms with Crippen molar-refractivity contribution in [2.24, 2.45) is 0 Å². The predicted molar refractivity (Wildman–Crippen MR) is 174 cm³/mol. The molecule has 0 radical (unpaired) electrons. The summed E-state index contributed by atoms with van der Waals surface area (Å²) in [4.78, 5) is 59.4. The first kappa shape index (κ1) is 39.4. The maximum atomic E-state index is 13.3. The Hall–Kier alpha value is -5.00. The Labute approximate surface area is 288 Å². The smallest absolute Gasteiger partial charge is 0.467 e. The molecule has 1 aliphatic rings. The van der Waals surface area contributed by atoms with Gasteiger partial charge in [0.05, 0.1) is 44.0 Å². The zero-order valence-corrected chi connectivity index (χ0v) is 28.4. The van der Waals surface area contributed by atoms with Crippen LogP contribution in [-0.2, 0) is 39.8 Å². The molecular weight excluding hydrogens is 662 g/mol. The summed E-state index contributed by atoms with van der Waals surface area (Å²) in [5, 5.41) is 16.2. The molecule has 1 saturated heterocycles. The number of esters is 1. The highest BCUT2D eigenvalue weighted by Gasteiger charge is 2.30. The van der Waals surface area contributed by atoms with Crippen LogP contribution in [0.5, 0.6) is 11.5 Å². The fourth-order valence-electron chi connectivity index (χ4n) is 4.37. The number of rotatable bonds is 17. The van der Waals surface area contributed by atoms with Gasteiger partial charge in [-0.25, -0.2) is 14.4 Å². The van der Waals surface area contributed by atoms with Crippen LogP contribution < -0.4 is 20.1 Å². The SMILES string of the molecule is COC(=O)[C@@H]1CCC[C@H](Oc2ccc(COC(=O)Oc3ccc([N+](=O)[O-])cc3)cc2C(=O)NCCOCCOCCNC(=O)OC(C)(C)C)O1. The molecule has 2 amide bonds. The molecule has 0 spiro atoms. The second-order valence-electron chi connectivity index (χ2n) is 11.8. The molecule has 2 aromatic rings. The van der Waals surface area contributed by atoms with E-state index in [1.807, 2.05) is 0 Å². The van der Waals surface area contributed by atoms with Gasteiger partial charge < -0.3 is 48.5 Å². The van der Waals surface area contributed by atoms with Gasteiger partial charge in [-0.3, -0.25) is 14.9 Å². The number of alkyl carbamates (subject to hydrolysis) is 1. The van der Waals surface area contributed by atoms with Crippen LogP contribution in [0, 0.1) is 10.1 Å². The third kappa shape index (κ3) is 14.2. The molecule has 0 unspecified atom stereocenters. The molecular formula is C33H43N3O14. The fraction of sp³-hybridized carbons (Fsp3) is 0.515. The highest BCUT2D eigenvalue weighted by atomic mass is 16.7. The number of non-ortho nitro benzene ring substituents is 1. The van der Waals surface area contributed by atoms with E-state index >= 15 is 0 Å². The largest absolute Gasteiger partial charge is 0.514 e. The van der Waals surface area contributed by atoms with Crippen molar-refractivity contribution in [3.63, 3.8) is 0 Å². The Balaban J connectivity index is 1.52. The van der Waals surface area contributed by atoms with Gasteiger partial charge in [-0.1, -0.05) is 6.07 Å². The molecule has 3 rings (SSSR count). The quantitative estimate of drug-likeness (QED) is 0.0594. The van der Waals surface area contributed by atoms with Gasteiger partial charge in [-0.15, -0.1) is 0 Å². The van der Waals surface area contributed by atoms with Crippen LogP contribution >= 0.6 is 0 Å². The van der Waals surface area contributed by atoms with Crippen LogP contribution in [0.25, 0.3) is 0 Å². The van der Waals surface area contributed by atoms with E-state index in [2.05, 4.69) is 10.6 Å². The van der Waals surface area contributed by atoms with Crippen LogP contribution in [-0.4, -0.2) is 93.7 Å². The average molecular weight is 706 g/mol. The summed E-state index contributed by atoms with van der Waals surface area (Å²) in [5.74, 6) is -0.813. The second kappa shape index (κ2) is 19.9. The summed E-state index contributed by atoms with van der Waals surface area (Å²) in [6, 6.07) is 9.46. The lowest BCUT2D eigenvalue weighted by Gasteiger charge is -2.29. The van der Waals surface area contributed by atoms with Crippen molar-refractivity contribution in [2.75, 3.05) is 46.6 Å². The van der Waals surface area contributed by atoms with E-state index in [1.54, 1.807) is 26.8 Å². The topological polar surface area (TPSA) is 209 Å². The van der Waals surface area contributed by atoms with E-state index in [1.165, 1.54) is 43.5 Å². The Morgan fingerprint density at radius 3 is 2.26 bits per heavy atom. The predicted octanol–water partition coefficient (Wildman–Crippen LogP) is 4.05. The number of carbonyl (C=O) groups is 4. The molecule has 1 fully saturated rings. The van der Waals surface area contributed by atoms with Crippen molar-refractivity contribution in [1.29, 1.82) is 0 Å². The van der Waals surface area contributed by atoms with E-state index in [-0.39, 0.29) is 68.9 Å². The first-order valence-corrected chi connectivity index (χ1v) is 15.9. The van der Waals surface area contributed by atoms with Gasteiger partial charge in [0.2, 0.25) is 6.29 Å². The molecule has 274 valence electrons. The van der Waals surface area contributed by atoms with E-state index in [4.69, 9.17) is 37.9 Å². The molecule has 17 heteroatoms. The monoisotopic (exact) mass is 705 g/mol. The van der Waals surface area contributed by atoms with Crippen LogP contribution in [0.1, 0.15) is 56.0 Å². The molecule has 0 bridgehead atoms.